The van der Waals surface area contributed by atoms with Crippen LogP contribution in [-0.2, 0) is 9.59 Å². The predicted molar refractivity (Wildman–Crippen MR) is 134 cm³/mol. The Morgan fingerprint density at radius 3 is 2.54 bits per heavy atom. The van der Waals surface area contributed by atoms with Crippen LogP contribution in [0.2, 0.25) is 0 Å². The summed E-state index contributed by atoms with van der Waals surface area (Å²) in [6.45, 7) is 5.07. The van der Waals surface area contributed by atoms with Gasteiger partial charge in [0.2, 0.25) is 0 Å². The van der Waals surface area contributed by atoms with E-state index in [0.717, 1.165) is 5.69 Å². The quantitative estimate of drug-likeness (QED) is 0.621. The molecule has 7 heteroatoms. The zero-order valence-electron chi connectivity index (χ0n) is 21.5. The molecule has 4 aliphatic carbocycles. The molecule has 4 fully saturated rings. The standard InChI is InChI=1S/C30H34F3NO3/c1-26-10-9-20(35)11-21(26)22(32)12-23-27(2)13-18-16-34(19-7-5-4-6-8-19)17-29(18,25(37)15-31)28(27,3)14-24(36)30(23,26)33/h4-11,18,22-24,36H,12-17H2,1-3H3. The van der Waals surface area contributed by atoms with Crippen LogP contribution >= 0.6 is 0 Å². The minimum Gasteiger partial charge on any atom is -0.390 e. The van der Waals surface area contributed by atoms with E-state index in [0.29, 0.717) is 13.0 Å². The summed E-state index contributed by atoms with van der Waals surface area (Å²) in [6, 6.07) is 9.65. The second-order valence-electron chi connectivity index (χ2n) is 12.7. The predicted octanol–water partition coefficient (Wildman–Crippen LogP) is 4.97. The van der Waals surface area contributed by atoms with Gasteiger partial charge in [0.15, 0.2) is 17.2 Å². The fourth-order valence-corrected chi connectivity index (χ4v) is 9.71. The number of fused-ring (bicyclic) bond motifs is 7. The highest BCUT2D eigenvalue weighted by molar-refractivity contribution is 6.01. The Morgan fingerprint density at radius 2 is 1.86 bits per heavy atom. The topological polar surface area (TPSA) is 57.6 Å². The van der Waals surface area contributed by atoms with E-state index in [4.69, 9.17) is 0 Å². The average molecular weight is 514 g/mol. The van der Waals surface area contributed by atoms with Crippen LogP contribution in [0.4, 0.5) is 18.9 Å². The minimum absolute atomic E-state index is 0.0387. The molecule has 0 radical (unpaired) electrons. The van der Waals surface area contributed by atoms with Crippen LogP contribution in [0.1, 0.15) is 40.0 Å². The van der Waals surface area contributed by atoms with Crippen molar-refractivity contribution < 1.29 is 27.9 Å². The van der Waals surface area contributed by atoms with Gasteiger partial charge in [0.1, 0.15) is 12.8 Å². The monoisotopic (exact) mass is 513 g/mol. The number of anilines is 1. The van der Waals surface area contributed by atoms with Gasteiger partial charge in [-0.25, -0.2) is 13.2 Å². The Hall–Kier alpha value is -2.41. The number of Topliss-reactive ketones (excluding diaryl/α,β-unsaturated/α-hetero) is 1. The van der Waals surface area contributed by atoms with Crippen molar-refractivity contribution in [3.05, 3.63) is 54.1 Å². The number of para-hydroxylation sites is 1. The summed E-state index contributed by atoms with van der Waals surface area (Å²) in [5.74, 6) is -2.07. The minimum atomic E-state index is -2.23. The number of allylic oxidation sites excluding steroid dienone is 4. The molecule has 198 valence electrons. The molecule has 1 aromatic carbocycles. The van der Waals surface area contributed by atoms with Gasteiger partial charge >= 0.3 is 0 Å². The van der Waals surface area contributed by atoms with Crippen molar-refractivity contribution in [1.82, 2.24) is 0 Å². The lowest BCUT2D eigenvalue weighted by atomic mass is 9.38. The van der Waals surface area contributed by atoms with Crippen LogP contribution < -0.4 is 4.90 Å². The fraction of sp³-hybridized carbons (Fsp3) is 0.600. The lowest BCUT2D eigenvalue weighted by Crippen LogP contribution is -2.72. The molecule has 0 amide bonds. The van der Waals surface area contributed by atoms with Gasteiger partial charge in [0, 0.05) is 30.1 Å². The van der Waals surface area contributed by atoms with Crippen LogP contribution in [0.5, 0.6) is 0 Å². The van der Waals surface area contributed by atoms with Gasteiger partial charge in [-0.1, -0.05) is 38.1 Å². The maximum absolute atomic E-state index is 17.6. The number of hydrogen-bond acceptors (Lipinski definition) is 4. The van der Waals surface area contributed by atoms with E-state index < -0.39 is 58.0 Å². The van der Waals surface area contributed by atoms with Crippen molar-refractivity contribution in [1.29, 1.82) is 0 Å². The highest BCUT2D eigenvalue weighted by Gasteiger charge is 2.82. The molecule has 3 saturated carbocycles. The molecule has 5 aliphatic rings. The van der Waals surface area contributed by atoms with Gasteiger partial charge in [0.25, 0.3) is 0 Å². The molecule has 1 N–H and O–H groups in total. The van der Waals surface area contributed by atoms with Crippen LogP contribution in [0.15, 0.2) is 54.1 Å². The number of benzene rings is 1. The first kappa shape index (κ1) is 24.9. The van der Waals surface area contributed by atoms with E-state index in [-0.39, 0.29) is 36.7 Å². The summed E-state index contributed by atoms with van der Waals surface area (Å²) in [5.41, 5.74) is -5.66. The van der Waals surface area contributed by atoms with Crippen molar-refractivity contribution in [2.75, 3.05) is 24.7 Å². The van der Waals surface area contributed by atoms with Gasteiger partial charge in [-0.05, 0) is 72.8 Å². The van der Waals surface area contributed by atoms with Crippen molar-refractivity contribution in [2.45, 2.75) is 58.0 Å². The van der Waals surface area contributed by atoms with E-state index in [1.807, 2.05) is 44.2 Å². The highest BCUT2D eigenvalue weighted by atomic mass is 19.1. The van der Waals surface area contributed by atoms with Crippen molar-refractivity contribution in [3.8, 4) is 0 Å². The van der Waals surface area contributed by atoms with Gasteiger partial charge in [-0.2, -0.15) is 0 Å². The van der Waals surface area contributed by atoms with Crippen LogP contribution in [0.25, 0.3) is 0 Å². The molecule has 1 aliphatic heterocycles. The Morgan fingerprint density at radius 1 is 1.16 bits per heavy atom. The van der Waals surface area contributed by atoms with Crippen molar-refractivity contribution in [3.63, 3.8) is 0 Å². The number of aliphatic hydroxyl groups is 1. The number of nitrogens with zero attached hydrogens (tertiary/aromatic N) is 1. The molecule has 9 atom stereocenters. The number of carbonyl (C=O) groups excluding carboxylic acids is 2. The smallest absolute Gasteiger partial charge is 0.178 e. The van der Waals surface area contributed by atoms with Crippen LogP contribution in [0, 0.1) is 33.5 Å². The Labute approximate surface area is 215 Å². The van der Waals surface area contributed by atoms with Gasteiger partial charge < -0.3 is 10.0 Å². The molecule has 9 unspecified atom stereocenters. The maximum Gasteiger partial charge on any atom is 0.178 e. The van der Waals surface area contributed by atoms with E-state index in [1.165, 1.54) is 18.2 Å². The molecule has 1 aromatic rings. The van der Waals surface area contributed by atoms with Gasteiger partial charge in [0.05, 0.1) is 11.5 Å². The molecule has 0 bridgehead atoms. The summed E-state index contributed by atoms with van der Waals surface area (Å²) in [7, 11) is 0. The molecule has 4 nitrogen and oxygen atoms in total. The summed E-state index contributed by atoms with van der Waals surface area (Å²) in [5, 5.41) is 11.7. The van der Waals surface area contributed by atoms with Crippen LogP contribution in [-0.4, -0.2) is 54.4 Å². The first-order chi connectivity index (χ1) is 17.4. The van der Waals surface area contributed by atoms with Gasteiger partial charge in [-0.15, -0.1) is 0 Å². The van der Waals surface area contributed by atoms with E-state index in [2.05, 4.69) is 4.90 Å². The van der Waals surface area contributed by atoms with Crippen molar-refractivity contribution in [2.24, 2.45) is 33.5 Å². The molecule has 0 aromatic heterocycles. The third-order valence-corrected chi connectivity index (χ3v) is 11.7. The number of rotatable bonds is 3. The number of hydrogen-bond donors (Lipinski definition) is 1. The number of aliphatic hydroxyl groups excluding tert-OH is 1. The second-order valence-corrected chi connectivity index (χ2v) is 12.7. The molecule has 6 rings (SSSR count). The van der Waals surface area contributed by atoms with E-state index in [9.17, 15) is 19.1 Å². The summed E-state index contributed by atoms with van der Waals surface area (Å²) in [6.07, 6.45) is 1.02. The molecule has 1 saturated heterocycles. The summed E-state index contributed by atoms with van der Waals surface area (Å²) in [4.78, 5) is 27.8. The van der Waals surface area contributed by atoms with E-state index in [1.54, 1.807) is 6.92 Å². The third-order valence-electron chi connectivity index (χ3n) is 11.7. The zero-order valence-corrected chi connectivity index (χ0v) is 21.5. The number of carbonyl (C=O) groups is 2. The number of halogens is 3. The zero-order chi connectivity index (χ0) is 26.6. The SMILES string of the molecule is CC12C=CC(=O)C=C1C(F)CC1C3(C)CC4CN(c5ccccc5)CC4(C(=O)CF)C3(C)CC(O)C12F. The van der Waals surface area contributed by atoms with E-state index >= 15 is 8.78 Å². The molecule has 1 heterocycles. The fourth-order valence-electron chi connectivity index (χ4n) is 9.71. The highest BCUT2D eigenvalue weighted by Crippen LogP contribution is 2.79. The molecule has 0 spiro atoms. The lowest BCUT2D eigenvalue weighted by Gasteiger charge is -2.67. The van der Waals surface area contributed by atoms with Gasteiger partial charge in [-0.3, -0.25) is 9.59 Å². The first-order valence-corrected chi connectivity index (χ1v) is 13.2. The average Bonchev–Trinajstić information content (AvgIpc) is 3.34. The molecular formula is C30H34F3NO3. The third kappa shape index (κ3) is 2.69. The van der Waals surface area contributed by atoms with Crippen molar-refractivity contribution >= 4 is 17.3 Å². The maximum atomic E-state index is 17.6. The normalized spacial score (nSPS) is 48.1. The first-order valence-electron chi connectivity index (χ1n) is 13.2. The lowest BCUT2D eigenvalue weighted by molar-refractivity contribution is -0.240. The number of alkyl halides is 3. The van der Waals surface area contributed by atoms with Crippen LogP contribution in [0.3, 0.4) is 0 Å². The molecule has 37 heavy (non-hydrogen) atoms. The Balaban J connectivity index is 1.50. The second kappa shape index (κ2) is 7.58. The molecular weight excluding hydrogens is 479 g/mol. The number of ketones is 2. The largest absolute Gasteiger partial charge is 0.390 e. The summed E-state index contributed by atoms with van der Waals surface area (Å²) < 4.78 is 47.8. The summed E-state index contributed by atoms with van der Waals surface area (Å²) >= 11 is 0. The Kier molecular flexibility index (Phi) is 5.10. The Bertz CT molecular complexity index is 1230.